The van der Waals surface area contributed by atoms with E-state index in [0.717, 1.165) is 22.2 Å². The zero-order valence-corrected chi connectivity index (χ0v) is 20.1. The lowest BCUT2D eigenvalue weighted by atomic mass is 10.1. The fraction of sp³-hybridized carbons (Fsp3) is 0.259. The average Bonchev–Trinajstić information content (AvgIpc) is 3.63. The highest BCUT2D eigenvalue weighted by molar-refractivity contribution is 5.85. The van der Waals surface area contributed by atoms with Crippen LogP contribution >= 0.6 is 0 Å². The standard InChI is InChI=1S/C27H24F2N6O2/c1-17-5-2-7-20-25(17)35(27(37)34(20)15-24(36)33-12-4-8-21(33)26(28)29)23-10-9-18(13-31-23)19-6-3-11-32-16-30-14-22(19)32/h2-3,5-7,9-11,13-14,16,21,26H,4,8,12,15H2,1H3. The van der Waals surface area contributed by atoms with Gasteiger partial charge < -0.3 is 9.30 Å². The first kappa shape index (κ1) is 23.1. The van der Waals surface area contributed by atoms with Crippen LogP contribution in [0.4, 0.5) is 8.78 Å². The van der Waals surface area contributed by atoms with Gasteiger partial charge in [-0.05, 0) is 49.6 Å². The van der Waals surface area contributed by atoms with Gasteiger partial charge in [-0.1, -0.05) is 18.2 Å². The minimum Gasteiger partial charge on any atom is -0.332 e. The molecule has 1 amide bonds. The lowest BCUT2D eigenvalue weighted by Crippen LogP contribution is -2.42. The van der Waals surface area contributed by atoms with Crippen LogP contribution in [0.25, 0.3) is 33.5 Å². The summed E-state index contributed by atoms with van der Waals surface area (Å²) in [5.41, 5.74) is 4.34. The minimum absolute atomic E-state index is 0.266. The van der Waals surface area contributed by atoms with Gasteiger partial charge in [0, 0.05) is 30.1 Å². The summed E-state index contributed by atoms with van der Waals surface area (Å²) in [5.74, 6) is -0.0750. The van der Waals surface area contributed by atoms with E-state index in [4.69, 9.17) is 0 Å². The number of halogens is 2. The van der Waals surface area contributed by atoms with E-state index in [9.17, 15) is 18.4 Å². The third-order valence-electron chi connectivity index (χ3n) is 7.10. The molecule has 1 aliphatic heterocycles. The Morgan fingerprint density at radius 3 is 2.76 bits per heavy atom. The average molecular weight is 503 g/mol. The molecule has 0 N–H and O–H groups in total. The number of carbonyl (C=O) groups is 1. The summed E-state index contributed by atoms with van der Waals surface area (Å²) in [4.78, 5) is 36.7. The van der Waals surface area contributed by atoms with E-state index in [-0.39, 0.29) is 19.5 Å². The van der Waals surface area contributed by atoms with Gasteiger partial charge in [-0.2, -0.15) is 0 Å². The van der Waals surface area contributed by atoms with Crippen LogP contribution in [-0.4, -0.2) is 53.3 Å². The smallest absolute Gasteiger partial charge is 0.332 e. The molecule has 6 rings (SSSR count). The number of hydrogen-bond donors (Lipinski definition) is 0. The maximum Gasteiger partial charge on any atom is 0.335 e. The zero-order chi connectivity index (χ0) is 25.7. The minimum atomic E-state index is -2.61. The van der Waals surface area contributed by atoms with Crippen molar-refractivity contribution < 1.29 is 13.6 Å². The number of likely N-dealkylation sites (tertiary alicyclic amines) is 1. The first-order chi connectivity index (χ1) is 17.9. The second-order valence-corrected chi connectivity index (χ2v) is 9.29. The Labute approximate surface area is 210 Å². The maximum atomic E-state index is 13.7. The topological polar surface area (TPSA) is 77.4 Å². The van der Waals surface area contributed by atoms with Crippen molar-refractivity contribution in [2.75, 3.05) is 6.54 Å². The van der Waals surface area contributed by atoms with Gasteiger partial charge in [0.1, 0.15) is 12.4 Å². The summed E-state index contributed by atoms with van der Waals surface area (Å²) in [7, 11) is 0. The van der Waals surface area contributed by atoms with Gasteiger partial charge in [0.15, 0.2) is 0 Å². The predicted octanol–water partition coefficient (Wildman–Crippen LogP) is 4.07. The van der Waals surface area contributed by atoms with Crippen molar-refractivity contribution in [1.82, 2.24) is 28.4 Å². The molecular formula is C27H24F2N6O2. The molecule has 0 spiro atoms. The predicted molar refractivity (Wildman–Crippen MR) is 135 cm³/mol. The van der Waals surface area contributed by atoms with Crippen LogP contribution in [0.1, 0.15) is 18.4 Å². The molecule has 5 heterocycles. The highest BCUT2D eigenvalue weighted by atomic mass is 19.3. The molecule has 0 radical (unpaired) electrons. The molecule has 1 saturated heterocycles. The van der Waals surface area contributed by atoms with Crippen LogP contribution in [0.2, 0.25) is 0 Å². The molecule has 37 heavy (non-hydrogen) atoms. The number of para-hydroxylation sites is 1. The summed E-state index contributed by atoms with van der Waals surface area (Å²) in [6.45, 7) is 1.84. The number of alkyl halides is 2. The van der Waals surface area contributed by atoms with Crippen molar-refractivity contribution >= 4 is 22.5 Å². The first-order valence-corrected chi connectivity index (χ1v) is 12.1. The number of amides is 1. The summed E-state index contributed by atoms with van der Waals surface area (Å²) in [6, 6.07) is 11.9. The number of aromatic nitrogens is 5. The summed E-state index contributed by atoms with van der Waals surface area (Å²) < 4.78 is 31.6. The molecule has 1 unspecified atom stereocenters. The van der Waals surface area contributed by atoms with Gasteiger partial charge in [0.25, 0.3) is 6.43 Å². The molecule has 5 aromatic rings. The molecule has 1 aliphatic rings. The van der Waals surface area contributed by atoms with Crippen molar-refractivity contribution in [3.05, 3.63) is 83.4 Å². The van der Waals surface area contributed by atoms with E-state index < -0.39 is 24.1 Å². The number of benzene rings is 1. The summed E-state index contributed by atoms with van der Waals surface area (Å²) >= 11 is 0. The largest absolute Gasteiger partial charge is 0.335 e. The van der Waals surface area contributed by atoms with Crippen LogP contribution in [0, 0.1) is 6.92 Å². The molecule has 0 saturated carbocycles. The molecule has 10 heteroatoms. The highest BCUT2D eigenvalue weighted by Crippen LogP contribution is 2.27. The number of nitrogens with zero attached hydrogens (tertiary/aromatic N) is 6. The number of carbonyl (C=O) groups excluding carboxylic acids is 1. The summed E-state index contributed by atoms with van der Waals surface area (Å²) in [5, 5.41) is 0. The normalized spacial score (nSPS) is 15.9. The van der Waals surface area contributed by atoms with Gasteiger partial charge in [0.05, 0.1) is 35.1 Å². The Kier molecular flexibility index (Phi) is 5.58. The van der Waals surface area contributed by atoms with Gasteiger partial charge in [0.2, 0.25) is 5.91 Å². The molecule has 1 atom stereocenters. The Bertz CT molecular complexity index is 1690. The third-order valence-corrected chi connectivity index (χ3v) is 7.10. The van der Waals surface area contributed by atoms with Crippen molar-refractivity contribution in [3.63, 3.8) is 0 Å². The van der Waals surface area contributed by atoms with E-state index in [1.165, 1.54) is 14.0 Å². The lowest BCUT2D eigenvalue weighted by molar-refractivity contribution is -0.135. The number of fused-ring (bicyclic) bond motifs is 2. The van der Waals surface area contributed by atoms with Crippen molar-refractivity contribution in [2.24, 2.45) is 0 Å². The van der Waals surface area contributed by atoms with Crippen LogP contribution in [0.15, 0.2) is 72.2 Å². The molecule has 0 bridgehead atoms. The van der Waals surface area contributed by atoms with Gasteiger partial charge in [-0.15, -0.1) is 0 Å². The zero-order valence-electron chi connectivity index (χ0n) is 20.1. The van der Waals surface area contributed by atoms with Gasteiger partial charge >= 0.3 is 5.69 Å². The molecule has 8 nitrogen and oxygen atoms in total. The third kappa shape index (κ3) is 3.80. The SMILES string of the molecule is Cc1cccc2c1n(-c1ccc(-c3cccn4cncc34)cn1)c(=O)n2CC(=O)N1CCCC1C(F)F. The van der Waals surface area contributed by atoms with Crippen LogP contribution in [0.5, 0.6) is 0 Å². The van der Waals surface area contributed by atoms with Crippen LogP contribution in [0.3, 0.4) is 0 Å². The van der Waals surface area contributed by atoms with Gasteiger partial charge in [-0.3, -0.25) is 9.36 Å². The number of hydrogen-bond acceptors (Lipinski definition) is 4. The first-order valence-electron chi connectivity index (χ1n) is 12.1. The molecule has 1 fully saturated rings. The van der Waals surface area contributed by atoms with Crippen LogP contribution in [-0.2, 0) is 11.3 Å². The van der Waals surface area contributed by atoms with E-state index in [2.05, 4.69) is 9.97 Å². The maximum absolute atomic E-state index is 13.7. The van der Waals surface area contributed by atoms with Crippen LogP contribution < -0.4 is 5.69 Å². The fourth-order valence-corrected chi connectivity index (χ4v) is 5.30. The van der Waals surface area contributed by atoms with Gasteiger partial charge in [-0.25, -0.2) is 28.1 Å². The van der Waals surface area contributed by atoms with E-state index in [0.29, 0.717) is 23.3 Å². The van der Waals surface area contributed by atoms with E-state index >= 15 is 0 Å². The Morgan fingerprint density at radius 2 is 1.97 bits per heavy atom. The second-order valence-electron chi connectivity index (χ2n) is 9.29. The van der Waals surface area contributed by atoms with Crippen molar-refractivity contribution in [2.45, 2.75) is 38.8 Å². The Morgan fingerprint density at radius 1 is 1.11 bits per heavy atom. The monoisotopic (exact) mass is 502 g/mol. The quantitative estimate of drug-likeness (QED) is 0.363. The number of imidazole rings is 2. The van der Waals surface area contributed by atoms with E-state index in [1.54, 1.807) is 30.9 Å². The summed E-state index contributed by atoms with van der Waals surface area (Å²) in [6.07, 6.45) is 5.31. The molecule has 188 valence electrons. The highest BCUT2D eigenvalue weighted by Gasteiger charge is 2.35. The lowest BCUT2D eigenvalue weighted by Gasteiger charge is -2.24. The molecule has 4 aromatic heterocycles. The fourth-order valence-electron chi connectivity index (χ4n) is 5.30. The molecule has 1 aromatic carbocycles. The van der Waals surface area contributed by atoms with Crippen molar-refractivity contribution in [3.8, 4) is 16.9 Å². The number of pyridine rings is 2. The van der Waals surface area contributed by atoms with E-state index in [1.807, 2.05) is 47.9 Å². The Hall–Kier alpha value is -4.34. The molecular weight excluding hydrogens is 478 g/mol. The number of aryl methyl sites for hydroxylation is 1. The molecule has 0 aliphatic carbocycles. The Balaban J connectivity index is 1.41. The van der Waals surface area contributed by atoms with Crippen molar-refractivity contribution in [1.29, 1.82) is 0 Å². The number of rotatable bonds is 5. The second kappa shape index (κ2) is 8.95.